The van der Waals surface area contributed by atoms with Crippen LogP contribution in [-0.2, 0) is 11.9 Å². The number of benzene rings is 2. The molecule has 0 saturated heterocycles. The van der Waals surface area contributed by atoms with Crippen LogP contribution in [-0.4, -0.2) is 6.61 Å². The second-order valence-corrected chi connectivity index (χ2v) is 5.09. The van der Waals surface area contributed by atoms with Gasteiger partial charge >= 0.3 is 0 Å². The van der Waals surface area contributed by atoms with Crippen molar-refractivity contribution in [2.45, 2.75) is 25.3 Å². The molecule has 2 rings (SSSR count). The van der Waals surface area contributed by atoms with Crippen molar-refractivity contribution in [2.75, 3.05) is 6.61 Å². The molecule has 2 nitrogen and oxygen atoms in total. The Morgan fingerprint density at radius 2 is 1.80 bits per heavy atom. The molecule has 0 bridgehead atoms. The van der Waals surface area contributed by atoms with Gasteiger partial charge in [-0.3, -0.25) is 0 Å². The van der Waals surface area contributed by atoms with Gasteiger partial charge in [-0.1, -0.05) is 59.3 Å². The fourth-order valence-electron chi connectivity index (χ4n) is 1.82. The quantitative estimate of drug-likeness (QED) is 0.667. The van der Waals surface area contributed by atoms with Crippen molar-refractivity contribution in [2.24, 2.45) is 0 Å². The number of hydrogen-bond acceptors (Lipinski definition) is 2. The van der Waals surface area contributed by atoms with Gasteiger partial charge in [0.25, 0.3) is 0 Å². The molecule has 0 aliphatic heterocycles. The van der Waals surface area contributed by atoms with Gasteiger partial charge in [0.05, 0.1) is 6.61 Å². The van der Waals surface area contributed by atoms with Crippen LogP contribution in [0.5, 0.6) is 11.5 Å². The van der Waals surface area contributed by atoms with Crippen molar-refractivity contribution in [3.63, 3.8) is 0 Å². The Bertz CT molecular complexity index is 526. The lowest BCUT2D eigenvalue weighted by molar-refractivity contribution is 0.293. The molecule has 0 amide bonds. The average molecular weight is 335 g/mol. The summed E-state index contributed by atoms with van der Waals surface area (Å²) in [5.41, 5.74) is 2.29. The zero-order chi connectivity index (χ0) is 14.2. The summed E-state index contributed by atoms with van der Waals surface area (Å²) in [6.07, 6.45) is 1.00. The molecule has 20 heavy (non-hydrogen) atoms. The van der Waals surface area contributed by atoms with Gasteiger partial charge in [-0.2, -0.15) is 0 Å². The molecular weight excluding hydrogens is 316 g/mol. The van der Waals surface area contributed by atoms with E-state index in [4.69, 9.17) is 9.47 Å². The van der Waals surface area contributed by atoms with Gasteiger partial charge in [0.15, 0.2) is 0 Å². The number of alkyl halides is 1. The van der Waals surface area contributed by atoms with Crippen LogP contribution in [0, 0.1) is 0 Å². The van der Waals surface area contributed by atoms with Crippen molar-refractivity contribution >= 4 is 15.9 Å². The van der Waals surface area contributed by atoms with Gasteiger partial charge in [-0.15, -0.1) is 0 Å². The standard InChI is InChI=1S/C17H19BrO2/c1-2-10-19-16-9-8-15(12-18)17(11-16)20-13-14-6-4-3-5-7-14/h3-9,11H,2,10,12-13H2,1H3. The summed E-state index contributed by atoms with van der Waals surface area (Å²) in [6, 6.07) is 16.2. The molecule has 0 atom stereocenters. The van der Waals surface area contributed by atoms with Gasteiger partial charge in [-0.05, 0) is 18.1 Å². The van der Waals surface area contributed by atoms with E-state index in [1.807, 2.05) is 36.4 Å². The Labute approximate surface area is 128 Å². The lowest BCUT2D eigenvalue weighted by atomic mass is 10.2. The lowest BCUT2D eigenvalue weighted by Crippen LogP contribution is -2.00. The van der Waals surface area contributed by atoms with Gasteiger partial charge < -0.3 is 9.47 Å². The van der Waals surface area contributed by atoms with Crippen molar-refractivity contribution in [1.82, 2.24) is 0 Å². The normalized spacial score (nSPS) is 10.3. The highest BCUT2D eigenvalue weighted by Crippen LogP contribution is 2.27. The number of rotatable bonds is 7. The molecule has 0 aliphatic rings. The summed E-state index contributed by atoms with van der Waals surface area (Å²) in [4.78, 5) is 0. The number of halogens is 1. The van der Waals surface area contributed by atoms with Gasteiger partial charge in [0, 0.05) is 17.0 Å². The molecule has 0 N–H and O–H groups in total. The molecule has 2 aromatic rings. The average Bonchev–Trinajstić information content (AvgIpc) is 2.52. The van der Waals surface area contributed by atoms with E-state index in [2.05, 4.69) is 35.0 Å². The van der Waals surface area contributed by atoms with E-state index in [0.29, 0.717) is 6.61 Å². The van der Waals surface area contributed by atoms with Gasteiger partial charge in [0.1, 0.15) is 18.1 Å². The first-order valence-electron chi connectivity index (χ1n) is 6.82. The molecular formula is C17H19BrO2. The smallest absolute Gasteiger partial charge is 0.127 e. The predicted octanol–water partition coefficient (Wildman–Crippen LogP) is 4.95. The van der Waals surface area contributed by atoms with E-state index in [9.17, 15) is 0 Å². The van der Waals surface area contributed by atoms with Crippen LogP contribution in [0.25, 0.3) is 0 Å². The zero-order valence-corrected chi connectivity index (χ0v) is 13.2. The van der Waals surface area contributed by atoms with Crippen LogP contribution >= 0.6 is 15.9 Å². The number of hydrogen-bond donors (Lipinski definition) is 0. The largest absolute Gasteiger partial charge is 0.493 e. The van der Waals surface area contributed by atoms with Crippen LogP contribution in [0.4, 0.5) is 0 Å². The highest BCUT2D eigenvalue weighted by Gasteiger charge is 2.06. The first kappa shape index (κ1) is 14.9. The summed E-state index contributed by atoms with van der Waals surface area (Å²) in [5.74, 6) is 1.74. The molecule has 2 aromatic carbocycles. The Morgan fingerprint density at radius 1 is 1.00 bits per heavy atom. The SMILES string of the molecule is CCCOc1ccc(CBr)c(OCc2ccccc2)c1. The van der Waals surface area contributed by atoms with Crippen LogP contribution in [0.15, 0.2) is 48.5 Å². The fourth-order valence-corrected chi connectivity index (χ4v) is 2.29. The van der Waals surface area contributed by atoms with Crippen LogP contribution in [0.2, 0.25) is 0 Å². The molecule has 0 aliphatic carbocycles. The molecule has 0 spiro atoms. The van der Waals surface area contributed by atoms with E-state index < -0.39 is 0 Å². The van der Waals surface area contributed by atoms with Gasteiger partial charge in [0.2, 0.25) is 0 Å². The summed E-state index contributed by atoms with van der Waals surface area (Å²) in [6.45, 7) is 3.39. The van der Waals surface area contributed by atoms with Gasteiger partial charge in [-0.25, -0.2) is 0 Å². The summed E-state index contributed by atoms with van der Waals surface area (Å²) in [5, 5.41) is 0.769. The maximum absolute atomic E-state index is 5.92. The summed E-state index contributed by atoms with van der Waals surface area (Å²) in [7, 11) is 0. The van der Waals surface area contributed by atoms with Crippen molar-refractivity contribution in [1.29, 1.82) is 0 Å². The predicted molar refractivity (Wildman–Crippen MR) is 85.6 cm³/mol. The second kappa shape index (κ2) is 7.95. The van der Waals surface area contributed by atoms with Crippen molar-refractivity contribution < 1.29 is 9.47 Å². The van der Waals surface area contributed by atoms with E-state index >= 15 is 0 Å². The highest BCUT2D eigenvalue weighted by atomic mass is 79.9. The Kier molecular flexibility index (Phi) is 5.93. The number of ether oxygens (including phenoxy) is 2. The van der Waals surface area contributed by atoms with Crippen LogP contribution < -0.4 is 9.47 Å². The van der Waals surface area contributed by atoms with E-state index in [1.165, 1.54) is 0 Å². The zero-order valence-electron chi connectivity index (χ0n) is 11.6. The molecule has 0 heterocycles. The van der Waals surface area contributed by atoms with E-state index in [-0.39, 0.29) is 0 Å². The third kappa shape index (κ3) is 4.27. The molecule has 0 saturated carbocycles. The maximum Gasteiger partial charge on any atom is 0.127 e. The van der Waals surface area contributed by atoms with E-state index in [0.717, 1.165) is 41.0 Å². The van der Waals surface area contributed by atoms with Crippen molar-refractivity contribution in [3.8, 4) is 11.5 Å². The molecule has 106 valence electrons. The Balaban J connectivity index is 2.07. The summed E-state index contributed by atoms with van der Waals surface area (Å²) >= 11 is 3.49. The lowest BCUT2D eigenvalue weighted by Gasteiger charge is -2.12. The molecule has 0 radical (unpaired) electrons. The minimum Gasteiger partial charge on any atom is -0.493 e. The highest BCUT2D eigenvalue weighted by molar-refractivity contribution is 9.08. The maximum atomic E-state index is 5.92. The third-order valence-corrected chi connectivity index (χ3v) is 3.50. The first-order valence-corrected chi connectivity index (χ1v) is 7.94. The molecule has 0 aromatic heterocycles. The summed E-state index contributed by atoms with van der Waals surface area (Å²) < 4.78 is 11.6. The van der Waals surface area contributed by atoms with Crippen LogP contribution in [0.3, 0.4) is 0 Å². The fraction of sp³-hybridized carbons (Fsp3) is 0.294. The molecule has 0 unspecified atom stereocenters. The minimum absolute atomic E-state index is 0.568. The minimum atomic E-state index is 0.568. The monoisotopic (exact) mass is 334 g/mol. The molecule has 3 heteroatoms. The van der Waals surface area contributed by atoms with Crippen LogP contribution in [0.1, 0.15) is 24.5 Å². The Morgan fingerprint density at radius 3 is 2.50 bits per heavy atom. The molecule has 0 fully saturated rings. The first-order chi connectivity index (χ1) is 9.83. The third-order valence-electron chi connectivity index (χ3n) is 2.89. The second-order valence-electron chi connectivity index (χ2n) is 4.53. The Hall–Kier alpha value is -1.48. The van der Waals surface area contributed by atoms with E-state index in [1.54, 1.807) is 0 Å². The topological polar surface area (TPSA) is 18.5 Å². The van der Waals surface area contributed by atoms with Crippen molar-refractivity contribution in [3.05, 3.63) is 59.7 Å².